The SMILES string of the molecule is O=c1oc2ccccc2cc1OCCCCCn1ccnc1. The summed E-state index contributed by atoms with van der Waals surface area (Å²) in [6.07, 6.45) is 8.56. The summed E-state index contributed by atoms with van der Waals surface area (Å²) in [5.41, 5.74) is 0.164. The van der Waals surface area contributed by atoms with E-state index in [4.69, 9.17) is 9.15 Å². The summed E-state index contributed by atoms with van der Waals surface area (Å²) >= 11 is 0. The third kappa shape index (κ3) is 3.55. The summed E-state index contributed by atoms with van der Waals surface area (Å²) < 4.78 is 12.8. The Morgan fingerprint density at radius 1 is 1.18 bits per heavy atom. The van der Waals surface area contributed by atoms with Crippen molar-refractivity contribution in [3.05, 3.63) is 59.5 Å². The van der Waals surface area contributed by atoms with Gasteiger partial charge in [0.15, 0.2) is 0 Å². The summed E-state index contributed by atoms with van der Waals surface area (Å²) in [4.78, 5) is 15.8. The van der Waals surface area contributed by atoms with E-state index in [-0.39, 0.29) is 5.75 Å². The molecule has 5 heteroatoms. The summed E-state index contributed by atoms with van der Waals surface area (Å²) in [7, 11) is 0. The van der Waals surface area contributed by atoms with E-state index in [9.17, 15) is 4.79 Å². The molecule has 22 heavy (non-hydrogen) atoms. The van der Waals surface area contributed by atoms with Crippen LogP contribution in [0, 0.1) is 0 Å². The molecule has 3 rings (SSSR count). The van der Waals surface area contributed by atoms with Crippen LogP contribution in [-0.4, -0.2) is 16.2 Å². The molecule has 0 radical (unpaired) electrons. The monoisotopic (exact) mass is 298 g/mol. The van der Waals surface area contributed by atoms with Gasteiger partial charge >= 0.3 is 5.63 Å². The number of ether oxygens (including phenoxy) is 1. The van der Waals surface area contributed by atoms with Crippen LogP contribution in [0.1, 0.15) is 19.3 Å². The maximum Gasteiger partial charge on any atom is 0.379 e. The molecule has 0 amide bonds. The van der Waals surface area contributed by atoms with Gasteiger partial charge in [-0.1, -0.05) is 18.2 Å². The second-order valence-electron chi connectivity index (χ2n) is 5.15. The van der Waals surface area contributed by atoms with Crippen molar-refractivity contribution in [3.8, 4) is 5.75 Å². The van der Waals surface area contributed by atoms with Crippen LogP contribution in [0.15, 0.2) is 58.3 Å². The molecule has 5 nitrogen and oxygen atoms in total. The van der Waals surface area contributed by atoms with Crippen LogP contribution < -0.4 is 10.4 Å². The van der Waals surface area contributed by atoms with Gasteiger partial charge in [-0.3, -0.25) is 0 Å². The van der Waals surface area contributed by atoms with E-state index in [1.165, 1.54) is 0 Å². The predicted molar refractivity (Wildman–Crippen MR) is 84.1 cm³/mol. The maximum atomic E-state index is 11.8. The fourth-order valence-electron chi connectivity index (χ4n) is 2.32. The van der Waals surface area contributed by atoms with E-state index >= 15 is 0 Å². The van der Waals surface area contributed by atoms with Crippen LogP contribution in [0.3, 0.4) is 0 Å². The van der Waals surface area contributed by atoms with Crippen molar-refractivity contribution in [2.45, 2.75) is 25.8 Å². The first kappa shape index (κ1) is 14.4. The highest BCUT2D eigenvalue weighted by atomic mass is 16.5. The molecule has 0 saturated carbocycles. The van der Waals surface area contributed by atoms with E-state index in [2.05, 4.69) is 9.55 Å². The molecule has 0 spiro atoms. The van der Waals surface area contributed by atoms with Crippen molar-refractivity contribution in [3.63, 3.8) is 0 Å². The fraction of sp³-hybridized carbons (Fsp3) is 0.294. The number of aromatic nitrogens is 2. The highest BCUT2D eigenvalue weighted by molar-refractivity contribution is 5.77. The lowest BCUT2D eigenvalue weighted by atomic mass is 10.2. The number of benzene rings is 1. The van der Waals surface area contributed by atoms with Crippen LogP contribution in [0.5, 0.6) is 5.75 Å². The molecule has 0 aliphatic rings. The average molecular weight is 298 g/mol. The van der Waals surface area contributed by atoms with E-state index in [1.54, 1.807) is 18.3 Å². The zero-order chi connectivity index (χ0) is 15.2. The number of nitrogens with zero attached hydrogens (tertiary/aromatic N) is 2. The van der Waals surface area contributed by atoms with Gasteiger partial charge in [-0.2, -0.15) is 0 Å². The molecule has 0 aliphatic carbocycles. The molecule has 0 bridgehead atoms. The minimum atomic E-state index is -0.419. The first-order valence-electron chi connectivity index (χ1n) is 7.44. The van der Waals surface area contributed by atoms with Crippen LogP contribution in [0.25, 0.3) is 11.0 Å². The van der Waals surface area contributed by atoms with Crippen LogP contribution in [-0.2, 0) is 6.54 Å². The first-order valence-corrected chi connectivity index (χ1v) is 7.44. The van der Waals surface area contributed by atoms with Crippen molar-refractivity contribution >= 4 is 11.0 Å². The summed E-state index contributed by atoms with van der Waals surface area (Å²) in [6, 6.07) is 9.16. The normalized spacial score (nSPS) is 10.9. The largest absolute Gasteiger partial charge is 0.487 e. The Morgan fingerprint density at radius 3 is 2.95 bits per heavy atom. The lowest BCUT2D eigenvalue weighted by Crippen LogP contribution is -2.08. The molecule has 0 N–H and O–H groups in total. The molecule has 0 atom stereocenters. The van der Waals surface area contributed by atoms with E-state index < -0.39 is 5.63 Å². The molecule has 1 aromatic carbocycles. The minimum absolute atomic E-state index is 0.285. The van der Waals surface area contributed by atoms with Crippen molar-refractivity contribution in [1.82, 2.24) is 9.55 Å². The van der Waals surface area contributed by atoms with Gasteiger partial charge in [0.1, 0.15) is 5.58 Å². The molecule has 0 fully saturated rings. The third-order valence-electron chi connectivity index (χ3n) is 3.49. The zero-order valence-corrected chi connectivity index (χ0v) is 12.3. The number of unbranched alkanes of at least 4 members (excludes halogenated alkanes) is 2. The van der Waals surface area contributed by atoms with E-state index in [0.29, 0.717) is 12.2 Å². The molecular weight excluding hydrogens is 280 g/mol. The number of aryl methyl sites for hydroxylation is 1. The van der Waals surface area contributed by atoms with Gasteiger partial charge in [0.05, 0.1) is 12.9 Å². The lowest BCUT2D eigenvalue weighted by Gasteiger charge is -2.06. The van der Waals surface area contributed by atoms with Crippen LogP contribution in [0.4, 0.5) is 0 Å². The molecule has 2 heterocycles. The second kappa shape index (κ2) is 6.93. The van der Waals surface area contributed by atoms with E-state index in [1.807, 2.05) is 30.7 Å². The van der Waals surface area contributed by atoms with Gasteiger partial charge < -0.3 is 13.7 Å². The Morgan fingerprint density at radius 2 is 2.09 bits per heavy atom. The molecule has 114 valence electrons. The number of imidazole rings is 1. The number of hydrogen-bond acceptors (Lipinski definition) is 4. The number of fused-ring (bicyclic) bond motifs is 1. The second-order valence-corrected chi connectivity index (χ2v) is 5.15. The predicted octanol–water partition coefficient (Wildman–Crippen LogP) is 3.24. The Kier molecular flexibility index (Phi) is 4.53. The number of para-hydroxylation sites is 1. The van der Waals surface area contributed by atoms with E-state index in [0.717, 1.165) is 31.2 Å². The van der Waals surface area contributed by atoms with Crippen molar-refractivity contribution < 1.29 is 9.15 Å². The van der Waals surface area contributed by atoms with Crippen LogP contribution in [0.2, 0.25) is 0 Å². The number of rotatable bonds is 7. The van der Waals surface area contributed by atoms with Gasteiger partial charge in [-0.05, 0) is 31.4 Å². The lowest BCUT2D eigenvalue weighted by molar-refractivity contribution is 0.290. The maximum absolute atomic E-state index is 11.8. The summed E-state index contributed by atoms with van der Waals surface area (Å²) in [5.74, 6) is 0.285. The Labute approximate surface area is 128 Å². The van der Waals surface area contributed by atoms with Gasteiger partial charge in [0, 0.05) is 24.3 Å². The minimum Gasteiger partial charge on any atom is -0.487 e. The first-order chi connectivity index (χ1) is 10.8. The molecule has 3 aromatic rings. The molecule has 0 saturated heterocycles. The highest BCUT2D eigenvalue weighted by Crippen LogP contribution is 2.16. The average Bonchev–Trinajstić information content (AvgIpc) is 3.04. The quantitative estimate of drug-likeness (QED) is 0.496. The Bertz CT molecular complexity index is 778. The van der Waals surface area contributed by atoms with Gasteiger partial charge in [0.25, 0.3) is 0 Å². The van der Waals surface area contributed by atoms with Crippen molar-refractivity contribution in [1.29, 1.82) is 0 Å². The van der Waals surface area contributed by atoms with Gasteiger partial charge in [-0.25, -0.2) is 9.78 Å². The van der Waals surface area contributed by atoms with Crippen LogP contribution >= 0.6 is 0 Å². The van der Waals surface area contributed by atoms with Gasteiger partial charge in [-0.15, -0.1) is 0 Å². The van der Waals surface area contributed by atoms with Crippen molar-refractivity contribution in [2.75, 3.05) is 6.61 Å². The molecular formula is C17H18N2O3. The summed E-state index contributed by atoms with van der Waals surface area (Å²) in [5, 5.41) is 0.872. The Balaban J connectivity index is 1.47. The smallest absolute Gasteiger partial charge is 0.379 e. The molecule has 0 aliphatic heterocycles. The van der Waals surface area contributed by atoms with Crippen molar-refractivity contribution in [2.24, 2.45) is 0 Å². The summed E-state index contributed by atoms with van der Waals surface area (Å²) in [6.45, 7) is 1.48. The number of hydrogen-bond donors (Lipinski definition) is 0. The highest BCUT2D eigenvalue weighted by Gasteiger charge is 2.05. The Hall–Kier alpha value is -2.56. The zero-order valence-electron chi connectivity index (χ0n) is 12.3. The molecule has 0 unspecified atom stereocenters. The standard InChI is InChI=1S/C17H18N2O3/c20-17-16(12-14-6-2-3-7-15(14)22-17)21-11-5-1-4-9-19-10-8-18-13-19/h2-3,6-8,10,12-13H,1,4-5,9,11H2. The fourth-order valence-corrected chi connectivity index (χ4v) is 2.32. The third-order valence-corrected chi connectivity index (χ3v) is 3.49. The van der Waals surface area contributed by atoms with Gasteiger partial charge in [0.2, 0.25) is 5.75 Å². The topological polar surface area (TPSA) is 57.3 Å². The molecule has 2 aromatic heterocycles.